The smallest absolute Gasteiger partial charge is 0.194 e. The largest absolute Gasteiger partial charge is 0.289 e. The Balaban J connectivity index is 1.44. The molecule has 162 valence electrons. The molecule has 0 amide bonds. The molecule has 4 heteroatoms. The van der Waals surface area contributed by atoms with Crippen molar-refractivity contribution >= 4 is 33.1 Å². The number of ketones is 2. The van der Waals surface area contributed by atoms with Crippen molar-refractivity contribution in [1.82, 2.24) is 0 Å². The third-order valence-corrected chi connectivity index (χ3v) is 7.78. The molecular formula is C30H18O3S. The first-order valence-electron chi connectivity index (χ1n) is 10.9. The van der Waals surface area contributed by atoms with Gasteiger partial charge in [0.05, 0.1) is 20.6 Å². The normalized spacial score (nSPS) is 13.9. The average molecular weight is 459 g/mol. The third kappa shape index (κ3) is 3.15. The molecule has 1 heterocycles. The highest BCUT2D eigenvalue weighted by Crippen LogP contribution is 2.41. The molecule has 34 heavy (non-hydrogen) atoms. The first kappa shape index (κ1) is 20.5. The van der Waals surface area contributed by atoms with Gasteiger partial charge < -0.3 is 0 Å². The fraction of sp³-hybridized carbons (Fsp3) is 0. The van der Waals surface area contributed by atoms with Crippen LogP contribution in [0.5, 0.6) is 0 Å². The summed E-state index contributed by atoms with van der Waals surface area (Å²) in [5.74, 6) is -0.421. The van der Waals surface area contributed by atoms with Crippen molar-refractivity contribution in [2.75, 3.05) is 0 Å². The summed E-state index contributed by atoms with van der Waals surface area (Å²) in [4.78, 5) is 28.7. The number of benzene rings is 5. The van der Waals surface area contributed by atoms with Gasteiger partial charge >= 0.3 is 0 Å². The Labute approximate surface area is 199 Å². The first-order chi connectivity index (χ1) is 16.6. The van der Waals surface area contributed by atoms with Gasteiger partial charge in [-0.3, -0.25) is 9.59 Å². The molecule has 5 aromatic carbocycles. The molecule has 1 atom stereocenters. The fourth-order valence-electron chi connectivity index (χ4n) is 4.62. The Morgan fingerprint density at radius 2 is 1.15 bits per heavy atom. The quantitative estimate of drug-likeness (QED) is 0.285. The zero-order valence-corrected chi connectivity index (χ0v) is 18.8. The van der Waals surface area contributed by atoms with E-state index in [1.165, 1.54) is 0 Å². The van der Waals surface area contributed by atoms with Gasteiger partial charge in [-0.05, 0) is 40.6 Å². The highest BCUT2D eigenvalue weighted by Gasteiger charge is 2.27. The highest BCUT2D eigenvalue weighted by atomic mass is 32.2. The van der Waals surface area contributed by atoms with E-state index in [1.807, 2.05) is 60.7 Å². The Kier molecular flexibility index (Phi) is 4.82. The summed E-state index contributed by atoms with van der Waals surface area (Å²) in [7, 11) is -1.25. The second kappa shape index (κ2) is 8.01. The van der Waals surface area contributed by atoms with Crippen molar-refractivity contribution in [1.29, 1.82) is 0 Å². The molecular weight excluding hydrogens is 440 g/mol. The maximum atomic E-state index is 13.6. The summed E-state index contributed by atoms with van der Waals surface area (Å²) >= 11 is 0. The van der Waals surface area contributed by atoms with Gasteiger partial charge in [0.15, 0.2) is 11.6 Å². The molecule has 0 aromatic heterocycles. The van der Waals surface area contributed by atoms with Crippen LogP contribution in [0.2, 0.25) is 0 Å². The van der Waals surface area contributed by atoms with Gasteiger partial charge in [-0.25, -0.2) is 4.21 Å². The predicted molar refractivity (Wildman–Crippen MR) is 134 cm³/mol. The molecule has 1 unspecified atom stereocenters. The highest BCUT2D eigenvalue weighted by molar-refractivity contribution is 7.85. The second-order valence-electron chi connectivity index (χ2n) is 8.21. The molecule has 0 saturated heterocycles. The van der Waals surface area contributed by atoms with E-state index in [9.17, 15) is 13.8 Å². The standard InChI is InChI=1S/C30H18O3S/c31-29(20-16-17-28-26(18-20)22-11-5-6-15-27(22)34(28)33)24-12-3-4-13-25(24)30(32)23-14-7-9-19-8-1-2-10-21(19)23/h1-18H. The van der Waals surface area contributed by atoms with Crippen LogP contribution in [-0.4, -0.2) is 15.8 Å². The lowest BCUT2D eigenvalue weighted by Crippen LogP contribution is -2.11. The summed E-state index contributed by atoms with van der Waals surface area (Å²) < 4.78 is 12.8. The van der Waals surface area contributed by atoms with Crippen LogP contribution in [0.4, 0.5) is 0 Å². The van der Waals surface area contributed by atoms with Gasteiger partial charge in [0.2, 0.25) is 0 Å². The van der Waals surface area contributed by atoms with Crippen molar-refractivity contribution < 1.29 is 13.8 Å². The van der Waals surface area contributed by atoms with E-state index in [1.54, 1.807) is 48.5 Å². The molecule has 0 fully saturated rings. The van der Waals surface area contributed by atoms with Crippen LogP contribution in [0.15, 0.2) is 119 Å². The van der Waals surface area contributed by atoms with E-state index in [-0.39, 0.29) is 11.6 Å². The van der Waals surface area contributed by atoms with Crippen LogP contribution in [-0.2, 0) is 10.8 Å². The maximum absolute atomic E-state index is 13.6. The lowest BCUT2D eigenvalue weighted by atomic mass is 9.90. The van der Waals surface area contributed by atoms with Gasteiger partial charge in [0, 0.05) is 27.8 Å². The number of hydrogen-bond donors (Lipinski definition) is 0. The van der Waals surface area contributed by atoms with E-state index in [0.717, 1.165) is 26.8 Å². The Bertz CT molecular complexity index is 1660. The van der Waals surface area contributed by atoms with Crippen molar-refractivity contribution in [2.45, 2.75) is 9.79 Å². The van der Waals surface area contributed by atoms with Gasteiger partial charge in [-0.15, -0.1) is 0 Å². The monoisotopic (exact) mass is 458 g/mol. The summed E-state index contributed by atoms with van der Waals surface area (Å²) in [6.45, 7) is 0. The van der Waals surface area contributed by atoms with Gasteiger partial charge in [0.25, 0.3) is 0 Å². The minimum atomic E-state index is -1.25. The van der Waals surface area contributed by atoms with E-state index < -0.39 is 10.8 Å². The maximum Gasteiger partial charge on any atom is 0.194 e. The molecule has 1 aliphatic rings. The molecule has 0 saturated carbocycles. The summed E-state index contributed by atoms with van der Waals surface area (Å²) in [6, 6.07) is 33.1. The Morgan fingerprint density at radius 1 is 0.529 bits per heavy atom. The number of rotatable bonds is 4. The lowest BCUT2D eigenvalue weighted by molar-refractivity contribution is 0.100. The average Bonchev–Trinajstić information content (AvgIpc) is 3.19. The Hall–Kier alpha value is -4.15. The summed E-state index contributed by atoms with van der Waals surface area (Å²) in [6.07, 6.45) is 0. The minimum absolute atomic E-state index is 0.187. The molecule has 1 aliphatic heterocycles. The molecule has 3 nitrogen and oxygen atoms in total. The van der Waals surface area contributed by atoms with Gasteiger partial charge in [-0.1, -0.05) is 84.9 Å². The summed E-state index contributed by atoms with van der Waals surface area (Å²) in [5.41, 5.74) is 3.44. The van der Waals surface area contributed by atoms with Crippen LogP contribution in [0, 0.1) is 0 Å². The van der Waals surface area contributed by atoms with Crippen LogP contribution in [0.25, 0.3) is 21.9 Å². The SMILES string of the molecule is O=C(c1ccc2c(c1)-c1ccccc1S2=O)c1ccccc1C(=O)c1cccc2ccccc12. The van der Waals surface area contributed by atoms with E-state index in [0.29, 0.717) is 27.1 Å². The van der Waals surface area contributed by atoms with E-state index in [2.05, 4.69) is 0 Å². The zero-order valence-electron chi connectivity index (χ0n) is 18.0. The predicted octanol–water partition coefficient (Wildman–Crippen LogP) is 6.45. The molecule has 0 bridgehead atoms. The van der Waals surface area contributed by atoms with Gasteiger partial charge in [0.1, 0.15) is 0 Å². The first-order valence-corrected chi connectivity index (χ1v) is 12.1. The molecule has 0 N–H and O–H groups in total. The van der Waals surface area contributed by atoms with Crippen LogP contribution in [0.3, 0.4) is 0 Å². The minimum Gasteiger partial charge on any atom is -0.289 e. The fourth-order valence-corrected chi connectivity index (χ4v) is 5.99. The molecule has 5 aromatic rings. The number of carbonyl (C=O) groups excluding carboxylic acids is 2. The number of carbonyl (C=O) groups is 2. The summed E-state index contributed by atoms with van der Waals surface area (Å²) in [5, 5.41) is 1.83. The molecule has 0 aliphatic carbocycles. The Morgan fingerprint density at radius 3 is 2.00 bits per heavy atom. The number of hydrogen-bond acceptors (Lipinski definition) is 3. The van der Waals surface area contributed by atoms with Crippen LogP contribution in [0.1, 0.15) is 31.8 Å². The van der Waals surface area contributed by atoms with Gasteiger partial charge in [-0.2, -0.15) is 0 Å². The topological polar surface area (TPSA) is 51.2 Å². The molecule has 6 rings (SSSR count). The second-order valence-corrected chi connectivity index (χ2v) is 9.62. The van der Waals surface area contributed by atoms with Crippen molar-refractivity contribution in [3.05, 3.63) is 131 Å². The molecule has 0 spiro atoms. The van der Waals surface area contributed by atoms with E-state index in [4.69, 9.17) is 0 Å². The van der Waals surface area contributed by atoms with E-state index >= 15 is 0 Å². The number of fused-ring (bicyclic) bond motifs is 4. The van der Waals surface area contributed by atoms with Crippen LogP contribution < -0.4 is 0 Å². The zero-order chi connectivity index (χ0) is 23.2. The van der Waals surface area contributed by atoms with Crippen molar-refractivity contribution in [3.8, 4) is 11.1 Å². The van der Waals surface area contributed by atoms with Crippen molar-refractivity contribution in [2.24, 2.45) is 0 Å². The lowest BCUT2D eigenvalue weighted by Gasteiger charge is -2.11. The van der Waals surface area contributed by atoms with Crippen LogP contribution >= 0.6 is 0 Å². The molecule has 0 radical (unpaired) electrons. The third-order valence-electron chi connectivity index (χ3n) is 6.27. The van der Waals surface area contributed by atoms with Crippen molar-refractivity contribution in [3.63, 3.8) is 0 Å².